The maximum Gasteiger partial charge on any atom is 0.140 e. The van der Waals surface area contributed by atoms with Gasteiger partial charge in [0.15, 0.2) is 0 Å². The van der Waals surface area contributed by atoms with Crippen molar-refractivity contribution < 1.29 is 0 Å². The number of aromatic nitrogens is 2. The second-order valence-electron chi connectivity index (χ2n) is 4.77. The lowest BCUT2D eigenvalue weighted by atomic mass is 10.2. The predicted molar refractivity (Wildman–Crippen MR) is 73.4 cm³/mol. The van der Waals surface area contributed by atoms with E-state index >= 15 is 0 Å². The topological polar surface area (TPSA) is 29.9 Å². The van der Waals surface area contributed by atoms with Crippen molar-refractivity contribution in [1.29, 1.82) is 0 Å². The Morgan fingerprint density at radius 1 is 1.28 bits per heavy atom. The summed E-state index contributed by atoms with van der Waals surface area (Å²) >= 11 is 0. The monoisotopic (exact) mass is 241 g/mol. The van der Waals surface area contributed by atoms with Crippen LogP contribution < -0.4 is 5.32 Å². The molecule has 0 amide bonds. The molecule has 0 radical (unpaired) electrons. The number of rotatable bonds is 3. The summed E-state index contributed by atoms with van der Waals surface area (Å²) in [6, 6.07) is 10.5. The molecule has 1 aromatic carbocycles. The third-order valence-electron chi connectivity index (χ3n) is 3.47. The van der Waals surface area contributed by atoms with Crippen molar-refractivity contribution in [2.45, 2.75) is 32.9 Å². The second-order valence-corrected chi connectivity index (χ2v) is 4.77. The highest BCUT2D eigenvalue weighted by Gasteiger charge is 2.19. The molecule has 3 heteroatoms. The molecule has 0 fully saturated rings. The van der Waals surface area contributed by atoms with Crippen LogP contribution in [0.15, 0.2) is 30.3 Å². The predicted octanol–water partition coefficient (Wildman–Crippen LogP) is 2.61. The molecule has 1 aliphatic heterocycles. The van der Waals surface area contributed by atoms with Crippen LogP contribution in [0.5, 0.6) is 0 Å². The molecule has 0 bridgehead atoms. The first kappa shape index (κ1) is 11.5. The van der Waals surface area contributed by atoms with E-state index in [0.717, 1.165) is 38.3 Å². The van der Waals surface area contributed by atoms with Gasteiger partial charge in [-0.3, -0.25) is 0 Å². The molecule has 0 unspecified atom stereocenters. The number of imidazole rings is 1. The zero-order valence-electron chi connectivity index (χ0n) is 10.8. The third-order valence-corrected chi connectivity index (χ3v) is 3.47. The van der Waals surface area contributed by atoms with Gasteiger partial charge >= 0.3 is 0 Å². The summed E-state index contributed by atoms with van der Waals surface area (Å²) in [4.78, 5) is 4.86. The zero-order chi connectivity index (χ0) is 12.4. The largest absolute Gasteiger partial charge is 0.327 e. The van der Waals surface area contributed by atoms with Crippen LogP contribution >= 0.6 is 0 Å². The van der Waals surface area contributed by atoms with Crippen LogP contribution in [0.1, 0.15) is 24.7 Å². The van der Waals surface area contributed by atoms with Crippen molar-refractivity contribution >= 4 is 0 Å². The summed E-state index contributed by atoms with van der Waals surface area (Å²) in [6.07, 6.45) is 2.19. The normalized spacial score (nSPS) is 14.5. The Morgan fingerprint density at radius 2 is 2.11 bits per heavy atom. The van der Waals surface area contributed by atoms with E-state index < -0.39 is 0 Å². The fourth-order valence-corrected chi connectivity index (χ4v) is 2.62. The number of benzene rings is 1. The summed E-state index contributed by atoms with van der Waals surface area (Å²) in [5, 5.41) is 3.44. The summed E-state index contributed by atoms with van der Waals surface area (Å²) in [5.74, 6) is 1.13. The van der Waals surface area contributed by atoms with Crippen LogP contribution in [-0.4, -0.2) is 16.1 Å². The molecule has 3 rings (SSSR count). The highest BCUT2D eigenvalue weighted by Crippen LogP contribution is 2.24. The Balaban J connectivity index is 2.11. The molecular weight excluding hydrogens is 222 g/mol. The fourth-order valence-electron chi connectivity index (χ4n) is 2.62. The van der Waals surface area contributed by atoms with Gasteiger partial charge in [0, 0.05) is 31.6 Å². The molecule has 0 spiro atoms. The van der Waals surface area contributed by atoms with E-state index in [0.29, 0.717) is 0 Å². The first-order chi connectivity index (χ1) is 8.90. The molecule has 1 N–H and O–H groups in total. The molecule has 18 heavy (non-hydrogen) atoms. The van der Waals surface area contributed by atoms with Crippen molar-refractivity contribution in [3.8, 4) is 11.4 Å². The molecule has 1 aromatic heterocycles. The van der Waals surface area contributed by atoms with E-state index in [1.807, 2.05) is 0 Å². The van der Waals surface area contributed by atoms with Gasteiger partial charge in [-0.2, -0.15) is 0 Å². The first-order valence-corrected chi connectivity index (χ1v) is 6.74. The Kier molecular flexibility index (Phi) is 3.15. The molecule has 0 aliphatic carbocycles. The average molecular weight is 241 g/mol. The van der Waals surface area contributed by atoms with Gasteiger partial charge < -0.3 is 9.88 Å². The minimum absolute atomic E-state index is 0.954. The Labute approximate surface area is 108 Å². The Bertz CT molecular complexity index is 528. The number of hydrogen-bond acceptors (Lipinski definition) is 2. The molecule has 2 aromatic rings. The standard InChI is InChI=1S/C15H19N3/c1-2-10-18-14-11-16-9-8-13(14)17-15(18)12-6-4-3-5-7-12/h3-7,16H,2,8-11H2,1H3. The van der Waals surface area contributed by atoms with E-state index in [-0.39, 0.29) is 0 Å². The molecule has 3 nitrogen and oxygen atoms in total. The molecule has 0 atom stereocenters. The quantitative estimate of drug-likeness (QED) is 0.895. The van der Waals surface area contributed by atoms with Gasteiger partial charge in [0.25, 0.3) is 0 Å². The van der Waals surface area contributed by atoms with Gasteiger partial charge in [-0.1, -0.05) is 37.3 Å². The van der Waals surface area contributed by atoms with Crippen LogP contribution in [0.4, 0.5) is 0 Å². The lowest BCUT2D eigenvalue weighted by molar-refractivity contribution is 0.574. The van der Waals surface area contributed by atoms with Crippen LogP contribution in [0.2, 0.25) is 0 Å². The minimum Gasteiger partial charge on any atom is -0.327 e. The van der Waals surface area contributed by atoms with Crippen molar-refractivity contribution in [2.24, 2.45) is 0 Å². The molecule has 94 valence electrons. The lowest BCUT2D eigenvalue weighted by Crippen LogP contribution is -2.25. The van der Waals surface area contributed by atoms with E-state index in [9.17, 15) is 0 Å². The molecule has 0 saturated carbocycles. The third kappa shape index (κ3) is 1.95. The van der Waals surface area contributed by atoms with Crippen LogP contribution in [-0.2, 0) is 19.5 Å². The van der Waals surface area contributed by atoms with Crippen molar-refractivity contribution in [1.82, 2.24) is 14.9 Å². The van der Waals surface area contributed by atoms with Gasteiger partial charge in [0.05, 0.1) is 11.4 Å². The van der Waals surface area contributed by atoms with Gasteiger partial charge in [-0.25, -0.2) is 4.98 Å². The van der Waals surface area contributed by atoms with Gasteiger partial charge in [0.1, 0.15) is 5.82 Å². The molecule has 1 aliphatic rings. The first-order valence-electron chi connectivity index (χ1n) is 6.74. The number of hydrogen-bond donors (Lipinski definition) is 1. The van der Waals surface area contributed by atoms with E-state index in [2.05, 4.69) is 47.1 Å². The van der Waals surface area contributed by atoms with Crippen molar-refractivity contribution in [3.05, 3.63) is 41.7 Å². The van der Waals surface area contributed by atoms with E-state index in [1.165, 1.54) is 17.0 Å². The maximum atomic E-state index is 4.86. The summed E-state index contributed by atoms with van der Waals surface area (Å²) < 4.78 is 2.39. The van der Waals surface area contributed by atoms with Crippen LogP contribution in [0, 0.1) is 0 Å². The lowest BCUT2D eigenvalue weighted by Gasteiger charge is -2.15. The van der Waals surface area contributed by atoms with E-state index in [4.69, 9.17) is 4.98 Å². The Morgan fingerprint density at radius 3 is 2.89 bits per heavy atom. The highest BCUT2D eigenvalue weighted by atomic mass is 15.1. The zero-order valence-corrected chi connectivity index (χ0v) is 10.8. The van der Waals surface area contributed by atoms with E-state index in [1.54, 1.807) is 0 Å². The Hall–Kier alpha value is -1.61. The highest BCUT2D eigenvalue weighted by molar-refractivity contribution is 5.57. The molecule has 0 saturated heterocycles. The van der Waals surface area contributed by atoms with Gasteiger partial charge in [0.2, 0.25) is 0 Å². The number of nitrogens with zero attached hydrogens (tertiary/aromatic N) is 2. The number of fused-ring (bicyclic) bond motifs is 1. The fraction of sp³-hybridized carbons (Fsp3) is 0.400. The van der Waals surface area contributed by atoms with Crippen molar-refractivity contribution in [2.75, 3.05) is 6.54 Å². The maximum absolute atomic E-state index is 4.86. The summed E-state index contributed by atoms with van der Waals surface area (Å²) in [7, 11) is 0. The van der Waals surface area contributed by atoms with Crippen LogP contribution in [0.25, 0.3) is 11.4 Å². The molecule has 2 heterocycles. The number of nitrogens with one attached hydrogen (secondary N) is 1. The summed E-state index contributed by atoms with van der Waals surface area (Å²) in [6.45, 7) is 5.27. The van der Waals surface area contributed by atoms with Crippen molar-refractivity contribution in [3.63, 3.8) is 0 Å². The average Bonchev–Trinajstić information content (AvgIpc) is 2.80. The minimum atomic E-state index is 0.954. The van der Waals surface area contributed by atoms with Crippen LogP contribution in [0.3, 0.4) is 0 Å². The summed E-state index contributed by atoms with van der Waals surface area (Å²) in [5.41, 5.74) is 3.88. The van der Waals surface area contributed by atoms with Gasteiger partial charge in [-0.15, -0.1) is 0 Å². The molecular formula is C15H19N3. The smallest absolute Gasteiger partial charge is 0.140 e. The second kappa shape index (κ2) is 4.94. The SMILES string of the molecule is CCCn1c(-c2ccccc2)nc2c1CNCC2. The van der Waals surface area contributed by atoms with Gasteiger partial charge in [-0.05, 0) is 6.42 Å².